The molecule has 28 heavy (non-hydrogen) atoms. The summed E-state index contributed by atoms with van der Waals surface area (Å²) in [6.07, 6.45) is 11.7. The van der Waals surface area contributed by atoms with Crippen LogP contribution in [0, 0.1) is 11.3 Å². The van der Waals surface area contributed by atoms with E-state index in [1.54, 1.807) is 12.4 Å². The molecular formula is C21H25N5O2. The number of carbonyl (C=O) groups is 2. The van der Waals surface area contributed by atoms with Crippen molar-refractivity contribution in [1.82, 2.24) is 25.0 Å². The molecule has 146 valence electrons. The number of aromatic nitrogens is 3. The highest BCUT2D eigenvalue weighted by atomic mass is 16.2. The van der Waals surface area contributed by atoms with Gasteiger partial charge in [-0.2, -0.15) is 14.8 Å². The first-order valence-electron chi connectivity index (χ1n) is 10.6. The molecule has 3 atom stereocenters. The molecule has 4 bridgehead atoms. The molecule has 4 fully saturated rings. The van der Waals surface area contributed by atoms with Crippen molar-refractivity contribution in [2.24, 2.45) is 11.3 Å². The lowest BCUT2D eigenvalue weighted by molar-refractivity contribution is -0.131. The molecule has 0 aromatic carbocycles. The van der Waals surface area contributed by atoms with Crippen LogP contribution in [-0.2, 0) is 4.79 Å². The van der Waals surface area contributed by atoms with E-state index in [1.807, 2.05) is 17.0 Å². The van der Waals surface area contributed by atoms with Gasteiger partial charge < -0.3 is 10.2 Å². The quantitative estimate of drug-likeness (QED) is 0.886. The van der Waals surface area contributed by atoms with E-state index in [9.17, 15) is 9.59 Å². The molecule has 7 nitrogen and oxygen atoms in total. The maximum atomic E-state index is 13.3. The molecule has 2 saturated carbocycles. The Kier molecular flexibility index (Phi) is 3.41. The Morgan fingerprint density at radius 3 is 2.79 bits per heavy atom. The summed E-state index contributed by atoms with van der Waals surface area (Å²) in [7, 11) is 0. The molecule has 2 aliphatic heterocycles. The number of rotatable bonds is 3. The summed E-state index contributed by atoms with van der Waals surface area (Å²) in [4.78, 5) is 28.4. The molecule has 4 aliphatic rings. The predicted octanol–water partition coefficient (Wildman–Crippen LogP) is 2.17. The van der Waals surface area contributed by atoms with E-state index in [0.29, 0.717) is 5.56 Å². The highest BCUT2D eigenvalue weighted by Crippen LogP contribution is 2.54. The van der Waals surface area contributed by atoms with Gasteiger partial charge in [-0.1, -0.05) is 0 Å². The molecule has 7 heteroatoms. The van der Waals surface area contributed by atoms with E-state index < -0.39 is 0 Å². The van der Waals surface area contributed by atoms with Crippen LogP contribution in [0.1, 0.15) is 61.7 Å². The van der Waals surface area contributed by atoms with Crippen molar-refractivity contribution in [3.63, 3.8) is 0 Å². The van der Waals surface area contributed by atoms with Gasteiger partial charge in [0.25, 0.3) is 5.91 Å². The monoisotopic (exact) mass is 379 g/mol. The van der Waals surface area contributed by atoms with Crippen LogP contribution < -0.4 is 5.32 Å². The summed E-state index contributed by atoms with van der Waals surface area (Å²) >= 11 is 0. The third-order valence-electron chi connectivity index (χ3n) is 7.85. The summed E-state index contributed by atoms with van der Waals surface area (Å²) in [6, 6.07) is 4.10. The van der Waals surface area contributed by atoms with Crippen molar-refractivity contribution in [1.29, 1.82) is 0 Å². The molecule has 0 unspecified atom stereocenters. The first kappa shape index (κ1) is 16.5. The first-order valence-corrected chi connectivity index (χ1v) is 10.6. The van der Waals surface area contributed by atoms with Crippen LogP contribution in [0.15, 0.2) is 24.5 Å². The zero-order chi connectivity index (χ0) is 18.9. The lowest BCUT2D eigenvalue weighted by atomic mass is 9.82. The van der Waals surface area contributed by atoms with Crippen molar-refractivity contribution in [2.75, 3.05) is 0 Å². The third kappa shape index (κ3) is 2.22. The Hall–Kier alpha value is -2.44. The van der Waals surface area contributed by atoms with E-state index in [4.69, 9.17) is 0 Å². The zero-order valence-electron chi connectivity index (χ0n) is 15.9. The van der Waals surface area contributed by atoms with Crippen molar-refractivity contribution in [3.8, 4) is 0 Å². The summed E-state index contributed by atoms with van der Waals surface area (Å²) in [6.45, 7) is 0. The van der Waals surface area contributed by atoms with Crippen LogP contribution >= 0.6 is 0 Å². The van der Waals surface area contributed by atoms with E-state index >= 15 is 0 Å². The van der Waals surface area contributed by atoms with Crippen LogP contribution in [-0.4, -0.2) is 49.7 Å². The Morgan fingerprint density at radius 2 is 2.00 bits per heavy atom. The van der Waals surface area contributed by atoms with Gasteiger partial charge in [0.15, 0.2) is 0 Å². The van der Waals surface area contributed by atoms with Gasteiger partial charge >= 0.3 is 0 Å². The number of fused-ring (bicyclic) bond motifs is 5. The molecule has 4 heterocycles. The second-order valence-corrected chi connectivity index (χ2v) is 9.21. The van der Waals surface area contributed by atoms with Gasteiger partial charge in [0.05, 0.1) is 23.8 Å². The zero-order valence-corrected chi connectivity index (χ0v) is 15.9. The topological polar surface area (TPSA) is 79.6 Å². The molecule has 2 saturated heterocycles. The minimum atomic E-state index is -0.116. The largest absolute Gasteiger partial charge is 0.351 e. The van der Waals surface area contributed by atoms with Crippen LogP contribution in [0.4, 0.5) is 0 Å². The fourth-order valence-electron chi connectivity index (χ4n) is 6.43. The number of hydrogen-bond acceptors (Lipinski definition) is 4. The van der Waals surface area contributed by atoms with Crippen LogP contribution in [0.3, 0.4) is 0 Å². The standard InChI is InChI=1S/C21H25N5O2/c27-19(15-12-23-26-17(15)2-1-9-22-26)25-14-3-4-18(25)16(10-14)24-20(28)21-7-5-13(11-21)6-8-21/h1-2,9,12-14,16,18H,3-8,10-11H2,(H,24,28)/t13?,14-,16-,18+,21?/m1/s1. The molecule has 2 aromatic rings. The van der Waals surface area contributed by atoms with Gasteiger partial charge in [-0.05, 0) is 69.4 Å². The third-order valence-corrected chi connectivity index (χ3v) is 7.85. The van der Waals surface area contributed by atoms with Gasteiger partial charge in [0.2, 0.25) is 5.91 Å². The predicted molar refractivity (Wildman–Crippen MR) is 102 cm³/mol. The average molecular weight is 379 g/mol. The van der Waals surface area contributed by atoms with Crippen molar-refractivity contribution in [3.05, 3.63) is 30.1 Å². The van der Waals surface area contributed by atoms with Gasteiger partial charge in [-0.15, -0.1) is 0 Å². The van der Waals surface area contributed by atoms with Gasteiger partial charge in [-0.25, -0.2) is 0 Å². The van der Waals surface area contributed by atoms with Crippen LogP contribution in [0.2, 0.25) is 0 Å². The molecule has 6 rings (SSSR count). The minimum absolute atomic E-state index is 0.0206. The molecule has 2 amide bonds. The fourth-order valence-corrected chi connectivity index (χ4v) is 6.43. The van der Waals surface area contributed by atoms with Crippen molar-refractivity contribution >= 4 is 17.3 Å². The van der Waals surface area contributed by atoms with E-state index in [0.717, 1.165) is 50.0 Å². The SMILES string of the molecule is O=C(c1cnn2ncccc12)N1[C@@H]2CC[C@H]1[C@H](NC(=O)C13CCC(CC1)C3)C2. The molecule has 0 radical (unpaired) electrons. The number of amides is 2. The summed E-state index contributed by atoms with van der Waals surface area (Å²) in [5.74, 6) is 1.03. The fraction of sp³-hybridized carbons (Fsp3) is 0.619. The minimum Gasteiger partial charge on any atom is -0.351 e. The maximum absolute atomic E-state index is 13.3. The lowest BCUT2D eigenvalue weighted by Crippen LogP contribution is -2.49. The average Bonchev–Trinajstić information content (AvgIpc) is 3.52. The van der Waals surface area contributed by atoms with Crippen molar-refractivity contribution in [2.45, 2.75) is 69.5 Å². The number of hydrogen-bond donors (Lipinski definition) is 1. The van der Waals surface area contributed by atoms with Gasteiger partial charge in [-0.3, -0.25) is 9.59 Å². The Labute approximate surface area is 163 Å². The second kappa shape index (κ2) is 5.78. The van der Waals surface area contributed by atoms with Crippen molar-refractivity contribution < 1.29 is 9.59 Å². The second-order valence-electron chi connectivity index (χ2n) is 9.21. The summed E-state index contributed by atoms with van der Waals surface area (Å²) in [5.41, 5.74) is 1.22. The summed E-state index contributed by atoms with van der Waals surface area (Å²) in [5, 5.41) is 11.7. The normalized spacial score (nSPS) is 35.8. The highest BCUT2D eigenvalue weighted by Gasteiger charge is 2.53. The molecular weight excluding hydrogens is 354 g/mol. The van der Waals surface area contributed by atoms with Crippen LogP contribution in [0.5, 0.6) is 0 Å². The molecule has 1 N–H and O–H groups in total. The smallest absolute Gasteiger partial charge is 0.258 e. The Balaban J connectivity index is 1.23. The molecule has 2 aromatic heterocycles. The van der Waals surface area contributed by atoms with Gasteiger partial charge in [0.1, 0.15) is 5.52 Å². The van der Waals surface area contributed by atoms with E-state index in [1.165, 1.54) is 17.5 Å². The first-order chi connectivity index (χ1) is 13.6. The lowest BCUT2D eigenvalue weighted by Gasteiger charge is -2.30. The Bertz CT molecular complexity index is 961. The molecule has 0 spiro atoms. The number of nitrogens with zero attached hydrogens (tertiary/aromatic N) is 4. The molecule has 2 aliphatic carbocycles. The number of nitrogens with one attached hydrogen (secondary N) is 1. The van der Waals surface area contributed by atoms with E-state index in [2.05, 4.69) is 15.5 Å². The maximum Gasteiger partial charge on any atom is 0.258 e. The Morgan fingerprint density at radius 1 is 1.14 bits per heavy atom. The number of carbonyl (C=O) groups excluding carboxylic acids is 2. The van der Waals surface area contributed by atoms with E-state index in [-0.39, 0.29) is 35.4 Å². The highest BCUT2D eigenvalue weighted by molar-refractivity contribution is 6.01. The van der Waals surface area contributed by atoms with Gasteiger partial charge in [0, 0.05) is 17.7 Å². The summed E-state index contributed by atoms with van der Waals surface area (Å²) < 4.78 is 1.50. The van der Waals surface area contributed by atoms with Crippen LogP contribution in [0.25, 0.3) is 5.52 Å².